The largest absolute Gasteiger partial charge is 0.497 e. The van der Waals surface area contributed by atoms with Gasteiger partial charge in [0.2, 0.25) is 16.9 Å². The molecule has 2 N–H and O–H groups in total. The highest BCUT2D eigenvalue weighted by atomic mass is 32.1. The Kier molecular flexibility index (Phi) is 6.46. The number of rotatable bonds is 7. The van der Waals surface area contributed by atoms with Gasteiger partial charge < -0.3 is 10.1 Å². The van der Waals surface area contributed by atoms with Crippen molar-refractivity contribution in [2.24, 2.45) is 5.92 Å². The van der Waals surface area contributed by atoms with Crippen molar-refractivity contribution in [1.82, 2.24) is 15.5 Å². The third-order valence-electron chi connectivity index (χ3n) is 3.56. The van der Waals surface area contributed by atoms with Crippen molar-refractivity contribution in [3.8, 4) is 16.3 Å². The van der Waals surface area contributed by atoms with Crippen LogP contribution in [0, 0.1) is 5.92 Å². The second kappa shape index (κ2) is 8.57. The smallest absolute Gasteiger partial charge is 0.249 e. The van der Waals surface area contributed by atoms with Crippen molar-refractivity contribution in [1.29, 1.82) is 0 Å². The van der Waals surface area contributed by atoms with Crippen molar-refractivity contribution in [3.63, 3.8) is 0 Å². The number of benzene rings is 1. The zero-order valence-electron chi connectivity index (χ0n) is 14.7. The Bertz CT molecular complexity index is 745. The van der Waals surface area contributed by atoms with E-state index in [9.17, 15) is 9.59 Å². The number of nitrogens with one attached hydrogen (secondary N) is 2. The Hall–Kier alpha value is -2.48. The summed E-state index contributed by atoms with van der Waals surface area (Å²) in [6.07, 6.45) is 0.329. The van der Waals surface area contributed by atoms with E-state index in [0.29, 0.717) is 16.6 Å². The highest BCUT2D eigenvalue weighted by Crippen LogP contribution is 2.28. The summed E-state index contributed by atoms with van der Waals surface area (Å²) in [5.74, 6) is 0.218. The minimum atomic E-state index is -0.614. The summed E-state index contributed by atoms with van der Waals surface area (Å²) in [6.45, 7) is 5.50. The predicted molar refractivity (Wildman–Crippen MR) is 97.6 cm³/mol. The summed E-state index contributed by atoms with van der Waals surface area (Å²) in [5.41, 5.74) is 0.858. The van der Waals surface area contributed by atoms with Gasteiger partial charge in [-0.05, 0) is 18.1 Å². The van der Waals surface area contributed by atoms with Gasteiger partial charge in [0.1, 0.15) is 16.8 Å². The molecule has 1 atom stereocenters. The van der Waals surface area contributed by atoms with E-state index in [1.807, 2.05) is 38.1 Å². The average molecular weight is 362 g/mol. The SMILES string of the molecule is CCC(=O)NC(C(=O)Nc1nnc(-c2cccc(OC)c2)s1)C(C)C. The number of carbonyl (C=O) groups is 2. The molecule has 0 aliphatic carbocycles. The first kappa shape index (κ1) is 18.9. The molecule has 8 heteroatoms. The number of methoxy groups -OCH3 is 1. The van der Waals surface area contributed by atoms with E-state index in [1.54, 1.807) is 14.0 Å². The average Bonchev–Trinajstić information content (AvgIpc) is 3.07. The fourth-order valence-electron chi connectivity index (χ4n) is 2.14. The molecule has 1 aromatic carbocycles. The second-order valence-corrected chi connectivity index (χ2v) is 6.75. The molecular formula is C17H22N4O3S. The van der Waals surface area contributed by atoms with Crippen LogP contribution in [0.25, 0.3) is 10.6 Å². The number of hydrogen-bond donors (Lipinski definition) is 2. The number of ether oxygens (including phenoxy) is 1. The highest BCUT2D eigenvalue weighted by Gasteiger charge is 2.24. The van der Waals surface area contributed by atoms with Gasteiger partial charge in [0.15, 0.2) is 0 Å². The fraction of sp³-hybridized carbons (Fsp3) is 0.412. The molecule has 25 heavy (non-hydrogen) atoms. The van der Waals surface area contributed by atoms with Gasteiger partial charge >= 0.3 is 0 Å². The summed E-state index contributed by atoms with van der Waals surface area (Å²) in [5, 5.41) is 14.6. The molecule has 0 aliphatic heterocycles. The normalized spacial score (nSPS) is 11.9. The van der Waals surface area contributed by atoms with Crippen molar-refractivity contribution in [3.05, 3.63) is 24.3 Å². The zero-order chi connectivity index (χ0) is 18.4. The summed E-state index contributed by atoms with van der Waals surface area (Å²) in [7, 11) is 1.60. The number of anilines is 1. The summed E-state index contributed by atoms with van der Waals surface area (Å²) in [6, 6.07) is 6.84. The van der Waals surface area contributed by atoms with E-state index in [-0.39, 0.29) is 17.7 Å². The fourth-order valence-corrected chi connectivity index (χ4v) is 2.88. The first-order valence-corrected chi connectivity index (χ1v) is 8.84. The van der Waals surface area contributed by atoms with Gasteiger partial charge in [-0.15, -0.1) is 10.2 Å². The molecule has 2 aromatic rings. The van der Waals surface area contributed by atoms with Crippen molar-refractivity contribution in [2.75, 3.05) is 12.4 Å². The Labute approximate surface area is 150 Å². The lowest BCUT2D eigenvalue weighted by molar-refractivity contribution is -0.127. The summed E-state index contributed by atoms with van der Waals surface area (Å²) < 4.78 is 5.20. The van der Waals surface area contributed by atoms with Crippen molar-refractivity contribution < 1.29 is 14.3 Å². The Balaban J connectivity index is 2.11. The Morgan fingerprint density at radius 2 is 2.04 bits per heavy atom. The summed E-state index contributed by atoms with van der Waals surface area (Å²) >= 11 is 1.26. The maximum absolute atomic E-state index is 12.4. The molecule has 0 bridgehead atoms. The molecule has 0 saturated carbocycles. The lowest BCUT2D eigenvalue weighted by atomic mass is 10.0. The Morgan fingerprint density at radius 3 is 2.68 bits per heavy atom. The molecule has 1 heterocycles. The standard InChI is InChI=1S/C17H22N4O3S/c1-5-13(22)18-14(10(2)3)15(23)19-17-21-20-16(25-17)11-7-6-8-12(9-11)24-4/h6-10,14H,5H2,1-4H3,(H,18,22)(H,19,21,23). The molecule has 7 nitrogen and oxygen atoms in total. The first-order valence-electron chi connectivity index (χ1n) is 8.02. The molecule has 0 spiro atoms. The van der Waals surface area contributed by atoms with Gasteiger partial charge in [-0.2, -0.15) is 0 Å². The van der Waals surface area contributed by atoms with Crippen LogP contribution in [0.3, 0.4) is 0 Å². The van der Waals surface area contributed by atoms with Crippen LogP contribution in [0.2, 0.25) is 0 Å². The minimum absolute atomic E-state index is 0.0405. The highest BCUT2D eigenvalue weighted by molar-refractivity contribution is 7.18. The molecule has 134 valence electrons. The maximum atomic E-state index is 12.4. The third kappa shape index (κ3) is 4.99. The van der Waals surface area contributed by atoms with Crippen LogP contribution in [0.15, 0.2) is 24.3 Å². The molecule has 2 amide bonds. The zero-order valence-corrected chi connectivity index (χ0v) is 15.5. The number of hydrogen-bond acceptors (Lipinski definition) is 6. The van der Waals surface area contributed by atoms with Crippen LogP contribution in [0.4, 0.5) is 5.13 Å². The van der Waals surface area contributed by atoms with Gasteiger partial charge in [-0.1, -0.05) is 44.2 Å². The van der Waals surface area contributed by atoms with Crippen LogP contribution in [0.5, 0.6) is 5.75 Å². The van der Waals surface area contributed by atoms with Crippen LogP contribution >= 0.6 is 11.3 Å². The lowest BCUT2D eigenvalue weighted by Gasteiger charge is -2.20. The molecule has 0 saturated heterocycles. The Morgan fingerprint density at radius 1 is 1.28 bits per heavy atom. The van der Waals surface area contributed by atoms with E-state index >= 15 is 0 Å². The van der Waals surface area contributed by atoms with E-state index in [1.165, 1.54) is 11.3 Å². The van der Waals surface area contributed by atoms with E-state index in [0.717, 1.165) is 11.3 Å². The summed E-state index contributed by atoms with van der Waals surface area (Å²) in [4.78, 5) is 24.0. The second-order valence-electron chi connectivity index (χ2n) is 5.78. The van der Waals surface area contributed by atoms with E-state index in [2.05, 4.69) is 20.8 Å². The quantitative estimate of drug-likeness (QED) is 0.790. The van der Waals surface area contributed by atoms with Gasteiger partial charge in [0.25, 0.3) is 0 Å². The van der Waals surface area contributed by atoms with Gasteiger partial charge in [0, 0.05) is 12.0 Å². The molecule has 0 radical (unpaired) electrons. The number of nitrogens with zero attached hydrogens (tertiary/aromatic N) is 2. The van der Waals surface area contributed by atoms with E-state index < -0.39 is 6.04 Å². The first-order chi connectivity index (χ1) is 11.9. The van der Waals surface area contributed by atoms with Gasteiger partial charge in [0.05, 0.1) is 7.11 Å². The van der Waals surface area contributed by atoms with Crippen molar-refractivity contribution in [2.45, 2.75) is 33.2 Å². The van der Waals surface area contributed by atoms with E-state index in [4.69, 9.17) is 4.74 Å². The molecule has 2 rings (SSSR count). The molecular weight excluding hydrogens is 340 g/mol. The van der Waals surface area contributed by atoms with Crippen LogP contribution < -0.4 is 15.4 Å². The van der Waals surface area contributed by atoms with Gasteiger partial charge in [-0.3, -0.25) is 14.9 Å². The number of aromatic nitrogens is 2. The molecule has 1 unspecified atom stereocenters. The predicted octanol–water partition coefficient (Wildman–Crippen LogP) is 2.70. The molecule has 0 aliphatic rings. The third-order valence-corrected chi connectivity index (χ3v) is 4.45. The minimum Gasteiger partial charge on any atom is -0.497 e. The number of carbonyl (C=O) groups excluding carboxylic acids is 2. The topological polar surface area (TPSA) is 93.2 Å². The molecule has 0 fully saturated rings. The van der Waals surface area contributed by atoms with Crippen molar-refractivity contribution >= 4 is 28.3 Å². The monoisotopic (exact) mass is 362 g/mol. The maximum Gasteiger partial charge on any atom is 0.249 e. The lowest BCUT2D eigenvalue weighted by Crippen LogP contribution is -2.46. The van der Waals surface area contributed by atoms with Crippen LogP contribution in [-0.2, 0) is 9.59 Å². The van der Waals surface area contributed by atoms with Crippen LogP contribution in [-0.4, -0.2) is 35.2 Å². The van der Waals surface area contributed by atoms with Crippen LogP contribution in [0.1, 0.15) is 27.2 Å². The number of amides is 2. The van der Waals surface area contributed by atoms with Gasteiger partial charge in [-0.25, -0.2) is 0 Å². The molecule has 1 aromatic heterocycles.